The van der Waals surface area contributed by atoms with Crippen LogP contribution in [0.25, 0.3) is 0 Å². The monoisotopic (exact) mass is 392 g/mol. The Kier molecular flexibility index (Phi) is 7.42. The fourth-order valence-electron chi connectivity index (χ4n) is 2.04. The molecule has 8 nitrogen and oxygen atoms in total. The van der Waals surface area contributed by atoms with Gasteiger partial charge in [-0.1, -0.05) is 19.9 Å². The maximum absolute atomic E-state index is 12.3. The molecule has 0 saturated heterocycles. The first-order valence-electron chi connectivity index (χ1n) is 8.45. The van der Waals surface area contributed by atoms with Crippen molar-refractivity contribution < 1.29 is 19.1 Å². The molecule has 2 rings (SSSR count). The Bertz CT molecular complexity index is 791. The van der Waals surface area contributed by atoms with E-state index in [0.29, 0.717) is 34.8 Å². The number of hydrogen-bond acceptors (Lipinski definition) is 6. The zero-order chi connectivity index (χ0) is 19.8. The lowest BCUT2D eigenvalue weighted by molar-refractivity contribution is 0.170. The Labute approximate surface area is 162 Å². The lowest BCUT2D eigenvalue weighted by Gasteiger charge is -2.14. The molecule has 0 unspecified atom stereocenters. The van der Waals surface area contributed by atoms with E-state index in [2.05, 4.69) is 39.5 Å². The minimum absolute atomic E-state index is 0.220. The average molecular weight is 392 g/mol. The number of rotatable bonds is 7. The highest BCUT2D eigenvalue weighted by Gasteiger charge is 2.11. The van der Waals surface area contributed by atoms with E-state index in [9.17, 15) is 9.59 Å². The Morgan fingerprint density at radius 3 is 2.74 bits per heavy atom. The van der Waals surface area contributed by atoms with Crippen molar-refractivity contribution in [1.29, 1.82) is 0 Å². The lowest BCUT2D eigenvalue weighted by atomic mass is 10.2. The number of alkyl carbamates (subject to hydrolysis) is 1. The molecule has 3 amide bonds. The molecular formula is C18H24N4O4S. The summed E-state index contributed by atoms with van der Waals surface area (Å²) in [6.07, 6.45) is -0.538. The Morgan fingerprint density at radius 2 is 2.04 bits per heavy atom. The molecule has 27 heavy (non-hydrogen) atoms. The number of benzene rings is 1. The van der Waals surface area contributed by atoms with E-state index in [0.717, 1.165) is 5.56 Å². The van der Waals surface area contributed by atoms with Crippen LogP contribution in [0.1, 0.15) is 25.1 Å². The average Bonchev–Trinajstić information content (AvgIpc) is 3.06. The summed E-state index contributed by atoms with van der Waals surface area (Å²) in [5, 5.41) is 10.2. The molecule has 0 saturated carbocycles. The zero-order valence-electron chi connectivity index (χ0n) is 15.8. The van der Waals surface area contributed by atoms with Gasteiger partial charge in [0, 0.05) is 5.38 Å². The molecule has 1 heterocycles. The van der Waals surface area contributed by atoms with Crippen LogP contribution in [0.3, 0.4) is 0 Å². The van der Waals surface area contributed by atoms with Crippen molar-refractivity contribution in [2.24, 2.45) is 5.92 Å². The van der Waals surface area contributed by atoms with Crippen LogP contribution in [-0.4, -0.2) is 30.8 Å². The molecule has 1 aromatic carbocycles. The molecule has 0 aliphatic heterocycles. The van der Waals surface area contributed by atoms with E-state index in [1.807, 2.05) is 19.1 Å². The number of urea groups is 1. The molecule has 0 bridgehead atoms. The molecule has 146 valence electrons. The number of anilines is 2. The van der Waals surface area contributed by atoms with Crippen molar-refractivity contribution in [1.82, 2.24) is 10.3 Å². The number of ether oxygens (including phenoxy) is 2. The summed E-state index contributed by atoms with van der Waals surface area (Å²) in [6.45, 7) is 6.86. The number of nitrogens with zero attached hydrogens (tertiary/aromatic N) is 1. The molecule has 0 spiro atoms. The summed E-state index contributed by atoms with van der Waals surface area (Å²) < 4.78 is 10.3. The summed E-state index contributed by atoms with van der Waals surface area (Å²) in [5.41, 5.74) is 2.25. The van der Waals surface area contributed by atoms with Gasteiger partial charge in [-0.15, -0.1) is 11.3 Å². The van der Waals surface area contributed by atoms with Gasteiger partial charge in [0.1, 0.15) is 5.75 Å². The fraction of sp³-hybridized carbons (Fsp3) is 0.389. The maximum atomic E-state index is 12.3. The molecule has 3 N–H and O–H groups in total. The van der Waals surface area contributed by atoms with Gasteiger partial charge < -0.3 is 20.1 Å². The Morgan fingerprint density at radius 1 is 1.26 bits per heavy atom. The number of carbonyl (C=O) groups is 2. The second-order valence-electron chi connectivity index (χ2n) is 6.27. The summed E-state index contributed by atoms with van der Waals surface area (Å²) >= 11 is 1.26. The van der Waals surface area contributed by atoms with E-state index in [1.54, 1.807) is 11.4 Å². The van der Waals surface area contributed by atoms with Gasteiger partial charge in [0.15, 0.2) is 5.13 Å². The molecule has 0 fully saturated rings. The predicted octanol–water partition coefficient (Wildman–Crippen LogP) is 3.99. The van der Waals surface area contributed by atoms with E-state index in [4.69, 9.17) is 4.74 Å². The smallest absolute Gasteiger partial charge is 0.407 e. The third kappa shape index (κ3) is 6.78. The number of nitrogens with one attached hydrogen (secondary N) is 3. The van der Waals surface area contributed by atoms with E-state index < -0.39 is 12.1 Å². The van der Waals surface area contributed by atoms with Gasteiger partial charge in [0.05, 0.1) is 31.6 Å². The van der Waals surface area contributed by atoms with Gasteiger partial charge in [0.25, 0.3) is 0 Å². The molecule has 0 radical (unpaired) electrons. The van der Waals surface area contributed by atoms with Crippen LogP contribution in [0, 0.1) is 12.8 Å². The first kappa shape index (κ1) is 20.5. The van der Waals surface area contributed by atoms with Crippen molar-refractivity contribution in [2.75, 3.05) is 24.4 Å². The van der Waals surface area contributed by atoms with Crippen LogP contribution in [-0.2, 0) is 11.3 Å². The van der Waals surface area contributed by atoms with Crippen LogP contribution < -0.4 is 20.7 Å². The molecule has 2 aromatic rings. The van der Waals surface area contributed by atoms with Crippen LogP contribution >= 0.6 is 11.3 Å². The third-order valence-electron chi connectivity index (χ3n) is 3.33. The van der Waals surface area contributed by atoms with Gasteiger partial charge in [0.2, 0.25) is 0 Å². The summed E-state index contributed by atoms with van der Waals surface area (Å²) in [5.74, 6) is 1.00. The topological polar surface area (TPSA) is 102 Å². The van der Waals surface area contributed by atoms with Gasteiger partial charge in [-0.2, -0.15) is 0 Å². The number of thiazole rings is 1. The van der Waals surface area contributed by atoms with Crippen molar-refractivity contribution >= 4 is 34.3 Å². The maximum Gasteiger partial charge on any atom is 0.407 e. The number of carbonyl (C=O) groups excluding carboxylic acids is 2. The minimum Gasteiger partial charge on any atom is -0.491 e. The molecule has 0 atom stereocenters. The largest absolute Gasteiger partial charge is 0.491 e. The quantitative estimate of drug-likeness (QED) is 0.661. The standard InChI is InChI=1S/C18H24N4O4S/c1-11(2)9-26-15-7-12(3)5-6-14(15)21-16(23)22-17-20-13(10-27-17)8-19-18(24)25-4/h5-7,10-11H,8-9H2,1-4H3,(H,19,24)(H2,20,21,22,23). The van der Waals surface area contributed by atoms with Crippen LogP contribution in [0.15, 0.2) is 23.6 Å². The normalized spacial score (nSPS) is 10.4. The number of aryl methyl sites for hydroxylation is 1. The summed E-state index contributed by atoms with van der Waals surface area (Å²) in [7, 11) is 1.29. The molecule has 0 aliphatic carbocycles. The second kappa shape index (κ2) is 9.77. The van der Waals surface area contributed by atoms with E-state index >= 15 is 0 Å². The van der Waals surface area contributed by atoms with E-state index in [1.165, 1.54) is 18.4 Å². The first-order chi connectivity index (χ1) is 12.9. The van der Waals surface area contributed by atoms with Gasteiger partial charge in [-0.3, -0.25) is 5.32 Å². The number of aromatic nitrogens is 1. The van der Waals surface area contributed by atoms with Crippen LogP contribution in [0.4, 0.5) is 20.4 Å². The van der Waals surface area contributed by atoms with Crippen molar-refractivity contribution in [3.8, 4) is 5.75 Å². The molecule has 9 heteroatoms. The van der Waals surface area contributed by atoms with E-state index in [-0.39, 0.29) is 6.54 Å². The highest BCUT2D eigenvalue weighted by atomic mass is 32.1. The van der Waals surface area contributed by atoms with Crippen LogP contribution in [0.5, 0.6) is 5.75 Å². The minimum atomic E-state index is -0.538. The third-order valence-corrected chi connectivity index (χ3v) is 4.14. The second-order valence-corrected chi connectivity index (χ2v) is 7.13. The van der Waals surface area contributed by atoms with Gasteiger partial charge in [-0.05, 0) is 30.5 Å². The number of amides is 3. The van der Waals surface area contributed by atoms with Crippen molar-refractivity contribution in [2.45, 2.75) is 27.3 Å². The number of hydrogen-bond donors (Lipinski definition) is 3. The molecular weight excluding hydrogens is 368 g/mol. The van der Waals surface area contributed by atoms with Gasteiger partial charge in [-0.25, -0.2) is 14.6 Å². The lowest BCUT2D eigenvalue weighted by Crippen LogP contribution is -2.22. The predicted molar refractivity (Wildman–Crippen MR) is 106 cm³/mol. The first-order valence-corrected chi connectivity index (χ1v) is 9.33. The van der Waals surface area contributed by atoms with Crippen molar-refractivity contribution in [3.05, 3.63) is 34.8 Å². The molecule has 1 aromatic heterocycles. The Balaban J connectivity index is 1.95. The van der Waals surface area contributed by atoms with Gasteiger partial charge >= 0.3 is 12.1 Å². The SMILES string of the molecule is COC(=O)NCc1csc(NC(=O)Nc2ccc(C)cc2OCC(C)C)n1. The van der Waals surface area contributed by atoms with Crippen molar-refractivity contribution in [3.63, 3.8) is 0 Å². The molecule has 0 aliphatic rings. The summed E-state index contributed by atoms with van der Waals surface area (Å²) in [4.78, 5) is 27.6. The Hall–Kier alpha value is -2.81. The van der Waals surface area contributed by atoms with Crippen LogP contribution in [0.2, 0.25) is 0 Å². The summed E-state index contributed by atoms with van der Waals surface area (Å²) in [6, 6.07) is 5.17. The zero-order valence-corrected chi connectivity index (χ0v) is 16.6. The number of methoxy groups -OCH3 is 1. The fourth-order valence-corrected chi connectivity index (χ4v) is 2.75. The highest BCUT2D eigenvalue weighted by molar-refractivity contribution is 7.13. The highest BCUT2D eigenvalue weighted by Crippen LogP contribution is 2.26.